The van der Waals surface area contributed by atoms with Crippen molar-refractivity contribution in [2.45, 2.75) is 44.9 Å². The Bertz CT molecular complexity index is 133. The molecule has 0 rings (SSSR count). The van der Waals surface area contributed by atoms with Gasteiger partial charge in [-0.3, -0.25) is 0 Å². The van der Waals surface area contributed by atoms with Gasteiger partial charge in [-0.15, -0.1) is 0 Å². The first kappa shape index (κ1) is 11.8. The van der Waals surface area contributed by atoms with Crippen LogP contribution in [0.2, 0.25) is 0 Å². The molecule has 0 aromatic heterocycles. The molecule has 0 aliphatic carbocycles. The molecule has 0 N–H and O–H groups in total. The lowest BCUT2D eigenvalue weighted by Crippen LogP contribution is -2.43. The third-order valence-electron chi connectivity index (χ3n) is 2.06. The van der Waals surface area contributed by atoms with Gasteiger partial charge in [0, 0.05) is 7.11 Å². The fourth-order valence-corrected chi connectivity index (χ4v) is 0.874. The number of rotatable bonds is 4. The molecule has 0 spiro atoms. The molecule has 0 fully saturated rings. The van der Waals surface area contributed by atoms with Crippen molar-refractivity contribution in [2.24, 2.45) is 0 Å². The second-order valence-corrected chi connectivity index (χ2v) is 3.04. The van der Waals surface area contributed by atoms with E-state index >= 15 is 0 Å². The Morgan fingerprint density at radius 2 is 1.75 bits per heavy atom. The lowest BCUT2D eigenvalue weighted by atomic mass is 9.98. The van der Waals surface area contributed by atoms with Gasteiger partial charge in [-0.1, -0.05) is 19.8 Å². The Morgan fingerprint density at radius 1 is 1.25 bits per heavy atom. The van der Waals surface area contributed by atoms with Gasteiger partial charge < -0.3 is 4.74 Å². The van der Waals surface area contributed by atoms with Crippen molar-refractivity contribution < 1.29 is 17.9 Å². The molecule has 0 aromatic carbocycles. The molecule has 1 atom stereocenters. The van der Waals surface area contributed by atoms with Crippen LogP contribution in [0.15, 0.2) is 0 Å². The van der Waals surface area contributed by atoms with Gasteiger partial charge >= 0.3 is 6.18 Å². The van der Waals surface area contributed by atoms with Crippen LogP contribution >= 0.6 is 0 Å². The first-order valence-corrected chi connectivity index (χ1v) is 3.99. The number of hydrogen-bond donors (Lipinski definition) is 0. The third-order valence-corrected chi connectivity index (χ3v) is 2.06. The van der Waals surface area contributed by atoms with Gasteiger partial charge in [0.25, 0.3) is 0 Å². The predicted molar refractivity (Wildman–Crippen MR) is 41.0 cm³/mol. The predicted octanol–water partition coefficient (Wildman–Crippen LogP) is 3.14. The van der Waals surface area contributed by atoms with Gasteiger partial charge in [-0.05, 0) is 13.3 Å². The zero-order valence-electron chi connectivity index (χ0n) is 7.66. The van der Waals surface area contributed by atoms with Crippen molar-refractivity contribution in [3.8, 4) is 0 Å². The topological polar surface area (TPSA) is 9.23 Å². The fraction of sp³-hybridized carbons (Fsp3) is 1.00. The zero-order chi connectivity index (χ0) is 9.83. The van der Waals surface area contributed by atoms with Gasteiger partial charge in [0.2, 0.25) is 0 Å². The van der Waals surface area contributed by atoms with Crippen molar-refractivity contribution in [3.63, 3.8) is 0 Å². The summed E-state index contributed by atoms with van der Waals surface area (Å²) in [6, 6.07) is 0. The van der Waals surface area contributed by atoms with Crippen molar-refractivity contribution in [2.75, 3.05) is 7.11 Å². The summed E-state index contributed by atoms with van der Waals surface area (Å²) < 4.78 is 41.4. The van der Waals surface area contributed by atoms with Crippen molar-refractivity contribution in [3.05, 3.63) is 0 Å². The summed E-state index contributed by atoms with van der Waals surface area (Å²) in [4.78, 5) is 0. The van der Waals surface area contributed by atoms with Crippen LogP contribution in [0.25, 0.3) is 0 Å². The first-order valence-electron chi connectivity index (χ1n) is 3.99. The first-order chi connectivity index (χ1) is 5.37. The van der Waals surface area contributed by atoms with E-state index in [-0.39, 0.29) is 6.42 Å². The summed E-state index contributed by atoms with van der Waals surface area (Å²) in [5.74, 6) is 0. The number of unbranched alkanes of at least 4 members (excludes halogenated alkanes) is 1. The Hall–Kier alpha value is -0.250. The third kappa shape index (κ3) is 2.66. The van der Waals surface area contributed by atoms with Gasteiger partial charge in [-0.2, -0.15) is 13.2 Å². The second kappa shape index (κ2) is 4.12. The highest BCUT2D eigenvalue weighted by atomic mass is 19.4. The van der Waals surface area contributed by atoms with E-state index < -0.39 is 11.8 Å². The number of alkyl halides is 3. The molecule has 74 valence electrons. The van der Waals surface area contributed by atoms with Crippen molar-refractivity contribution in [1.82, 2.24) is 0 Å². The fourth-order valence-electron chi connectivity index (χ4n) is 0.874. The molecule has 1 nitrogen and oxygen atoms in total. The molecule has 0 heterocycles. The number of ether oxygens (including phenoxy) is 1. The standard InChI is InChI=1S/C8H15F3O/c1-4-5-6-7(2,12-3)8(9,10)11/h4-6H2,1-3H3. The SMILES string of the molecule is CCCCC(C)(OC)C(F)(F)F. The van der Waals surface area contributed by atoms with Crippen LogP contribution in [-0.2, 0) is 4.74 Å². The highest BCUT2D eigenvalue weighted by molar-refractivity contribution is 4.82. The van der Waals surface area contributed by atoms with E-state index in [4.69, 9.17) is 0 Å². The number of hydrogen-bond acceptors (Lipinski definition) is 1. The summed E-state index contributed by atoms with van der Waals surface area (Å²) in [5, 5.41) is 0. The van der Waals surface area contributed by atoms with Crippen LogP contribution < -0.4 is 0 Å². The molecule has 0 saturated carbocycles. The molecule has 0 aromatic rings. The maximum atomic E-state index is 12.3. The molecular formula is C8H15F3O. The normalized spacial score (nSPS) is 17.5. The molecule has 0 saturated heterocycles. The molecule has 0 aliphatic rings. The van der Waals surface area contributed by atoms with Gasteiger partial charge in [0.15, 0.2) is 5.60 Å². The Labute approximate surface area is 70.9 Å². The Balaban J connectivity index is 4.24. The van der Waals surface area contributed by atoms with E-state index in [1.807, 2.05) is 6.92 Å². The minimum atomic E-state index is -4.27. The van der Waals surface area contributed by atoms with E-state index in [9.17, 15) is 13.2 Å². The highest BCUT2D eigenvalue weighted by Crippen LogP contribution is 2.36. The van der Waals surface area contributed by atoms with E-state index in [0.29, 0.717) is 6.42 Å². The molecule has 0 radical (unpaired) electrons. The lowest BCUT2D eigenvalue weighted by molar-refractivity contribution is -0.265. The summed E-state index contributed by atoms with van der Waals surface area (Å²) in [7, 11) is 1.10. The summed E-state index contributed by atoms with van der Waals surface area (Å²) in [5.41, 5.74) is -1.97. The van der Waals surface area contributed by atoms with Gasteiger partial charge in [0.1, 0.15) is 0 Å². The maximum absolute atomic E-state index is 12.3. The minimum absolute atomic E-state index is 0.0312. The van der Waals surface area contributed by atoms with Crippen molar-refractivity contribution in [1.29, 1.82) is 0 Å². The average Bonchev–Trinajstić information content (AvgIpc) is 1.98. The molecule has 4 heteroatoms. The quantitative estimate of drug-likeness (QED) is 0.652. The van der Waals surface area contributed by atoms with E-state index in [1.54, 1.807) is 0 Å². The molecule has 1 unspecified atom stereocenters. The summed E-state index contributed by atoms with van der Waals surface area (Å²) in [6.45, 7) is 2.94. The van der Waals surface area contributed by atoms with Crippen LogP contribution in [0.1, 0.15) is 33.1 Å². The Kier molecular flexibility index (Phi) is 4.03. The smallest absolute Gasteiger partial charge is 0.369 e. The van der Waals surface area contributed by atoms with Crippen LogP contribution in [-0.4, -0.2) is 18.9 Å². The van der Waals surface area contributed by atoms with Crippen LogP contribution in [0.5, 0.6) is 0 Å². The minimum Gasteiger partial charge on any atom is -0.369 e. The highest BCUT2D eigenvalue weighted by Gasteiger charge is 2.50. The zero-order valence-corrected chi connectivity index (χ0v) is 7.66. The van der Waals surface area contributed by atoms with Crippen LogP contribution in [0, 0.1) is 0 Å². The summed E-state index contributed by atoms with van der Waals surface area (Å²) in [6.07, 6.45) is -2.96. The Morgan fingerprint density at radius 3 is 2.00 bits per heavy atom. The molecule has 0 aliphatic heterocycles. The lowest BCUT2D eigenvalue weighted by Gasteiger charge is -2.30. The van der Waals surface area contributed by atoms with Crippen LogP contribution in [0.3, 0.4) is 0 Å². The largest absolute Gasteiger partial charge is 0.417 e. The van der Waals surface area contributed by atoms with E-state index in [2.05, 4.69) is 4.74 Å². The molecule has 0 amide bonds. The maximum Gasteiger partial charge on any atom is 0.417 e. The summed E-state index contributed by atoms with van der Waals surface area (Å²) >= 11 is 0. The van der Waals surface area contributed by atoms with E-state index in [0.717, 1.165) is 20.5 Å². The van der Waals surface area contributed by atoms with Gasteiger partial charge in [-0.25, -0.2) is 0 Å². The average molecular weight is 184 g/mol. The number of methoxy groups -OCH3 is 1. The molecule has 0 bridgehead atoms. The van der Waals surface area contributed by atoms with E-state index in [1.165, 1.54) is 0 Å². The molecular weight excluding hydrogens is 169 g/mol. The van der Waals surface area contributed by atoms with Gasteiger partial charge in [0.05, 0.1) is 0 Å². The number of halogens is 3. The molecule has 12 heavy (non-hydrogen) atoms. The van der Waals surface area contributed by atoms with Crippen molar-refractivity contribution >= 4 is 0 Å². The van der Waals surface area contributed by atoms with Crippen LogP contribution in [0.4, 0.5) is 13.2 Å². The monoisotopic (exact) mass is 184 g/mol. The second-order valence-electron chi connectivity index (χ2n) is 3.04.